The second kappa shape index (κ2) is 5.45. The molecule has 1 N–H and O–H groups in total. The highest BCUT2D eigenvalue weighted by Gasteiger charge is 2.20. The van der Waals surface area contributed by atoms with Gasteiger partial charge in [0, 0.05) is 24.6 Å². The first-order valence-corrected chi connectivity index (χ1v) is 6.84. The fourth-order valence-corrected chi connectivity index (χ4v) is 2.60. The molecular weight excluding hydrogens is 234 g/mol. The first-order chi connectivity index (χ1) is 9.34. The van der Waals surface area contributed by atoms with Crippen LogP contribution < -0.4 is 10.1 Å². The van der Waals surface area contributed by atoms with Gasteiger partial charge in [0.15, 0.2) is 0 Å². The van der Waals surface area contributed by atoms with E-state index < -0.39 is 0 Å². The third kappa shape index (κ3) is 2.64. The van der Waals surface area contributed by atoms with Crippen molar-refractivity contribution in [2.24, 2.45) is 0 Å². The standard InChI is InChI=1S/C17H19NO/c1-13-6-2-3-7-14(13)12-18-16-10-11-19-17-9-5-4-8-15(16)17/h2-9,16,18H,10-12H2,1H3. The van der Waals surface area contributed by atoms with Gasteiger partial charge in [-0.1, -0.05) is 42.5 Å². The number of benzene rings is 2. The lowest BCUT2D eigenvalue weighted by molar-refractivity contribution is 0.252. The molecule has 2 aromatic carbocycles. The molecule has 3 rings (SSSR count). The van der Waals surface area contributed by atoms with Gasteiger partial charge < -0.3 is 10.1 Å². The fraction of sp³-hybridized carbons (Fsp3) is 0.294. The summed E-state index contributed by atoms with van der Waals surface area (Å²) in [5.41, 5.74) is 3.99. The molecule has 19 heavy (non-hydrogen) atoms. The van der Waals surface area contributed by atoms with Crippen LogP contribution >= 0.6 is 0 Å². The fourth-order valence-electron chi connectivity index (χ4n) is 2.60. The number of ether oxygens (including phenoxy) is 1. The SMILES string of the molecule is Cc1ccccc1CNC1CCOc2ccccc21. The highest BCUT2D eigenvalue weighted by atomic mass is 16.5. The Bertz CT molecular complexity index is 565. The zero-order valence-corrected chi connectivity index (χ0v) is 11.2. The molecule has 1 aliphatic rings. The highest BCUT2D eigenvalue weighted by molar-refractivity contribution is 5.37. The zero-order chi connectivity index (χ0) is 13.1. The van der Waals surface area contributed by atoms with Crippen LogP contribution in [0.5, 0.6) is 5.75 Å². The maximum Gasteiger partial charge on any atom is 0.124 e. The van der Waals surface area contributed by atoms with E-state index in [0.29, 0.717) is 6.04 Å². The molecule has 2 nitrogen and oxygen atoms in total. The Kier molecular flexibility index (Phi) is 3.51. The Morgan fingerprint density at radius 3 is 2.79 bits per heavy atom. The molecule has 0 radical (unpaired) electrons. The third-order valence-electron chi connectivity index (χ3n) is 3.76. The van der Waals surface area contributed by atoms with Gasteiger partial charge in [0.25, 0.3) is 0 Å². The smallest absolute Gasteiger partial charge is 0.124 e. The first-order valence-electron chi connectivity index (χ1n) is 6.84. The van der Waals surface area contributed by atoms with E-state index in [0.717, 1.165) is 25.3 Å². The molecule has 1 unspecified atom stereocenters. The van der Waals surface area contributed by atoms with Crippen molar-refractivity contribution in [2.75, 3.05) is 6.61 Å². The summed E-state index contributed by atoms with van der Waals surface area (Å²) >= 11 is 0. The lowest BCUT2D eigenvalue weighted by atomic mass is 10.00. The largest absolute Gasteiger partial charge is 0.493 e. The summed E-state index contributed by atoms with van der Waals surface area (Å²) in [6.45, 7) is 3.86. The summed E-state index contributed by atoms with van der Waals surface area (Å²) in [6.07, 6.45) is 1.03. The number of nitrogens with one attached hydrogen (secondary N) is 1. The predicted octanol–water partition coefficient (Wildman–Crippen LogP) is 3.61. The van der Waals surface area contributed by atoms with E-state index in [-0.39, 0.29) is 0 Å². The van der Waals surface area contributed by atoms with Gasteiger partial charge in [-0.3, -0.25) is 0 Å². The predicted molar refractivity (Wildman–Crippen MR) is 77.3 cm³/mol. The van der Waals surface area contributed by atoms with E-state index in [1.165, 1.54) is 16.7 Å². The average molecular weight is 253 g/mol. The van der Waals surface area contributed by atoms with Crippen LogP contribution in [0.2, 0.25) is 0 Å². The van der Waals surface area contributed by atoms with Gasteiger partial charge in [0.05, 0.1) is 6.61 Å². The van der Waals surface area contributed by atoms with Gasteiger partial charge in [0.1, 0.15) is 5.75 Å². The normalized spacial score (nSPS) is 17.6. The van der Waals surface area contributed by atoms with E-state index >= 15 is 0 Å². The van der Waals surface area contributed by atoms with Gasteiger partial charge in [-0.2, -0.15) is 0 Å². The van der Waals surface area contributed by atoms with Crippen LogP contribution in [0.1, 0.15) is 29.2 Å². The van der Waals surface area contributed by atoms with Crippen molar-refractivity contribution in [1.82, 2.24) is 5.32 Å². The van der Waals surface area contributed by atoms with Crippen molar-refractivity contribution in [2.45, 2.75) is 25.9 Å². The minimum absolute atomic E-state index is 0.393. The number of hydrogen-bond acceptors (Lipinski definition) is 2. The molecule has 1 aliphatic heterocycles. The molecule has 0 spiro atoms. The Morgan fingerprint density at radius 1 is 1.11 bits per heavy atom. The quantitative estimate of drug-likeness (QED) is 0.902. The van der Waals surface area contributed by atoms with Crippen LogP contribution in [-0.4, -0.2) is 6.61 Å². The van der Waals surface area contributed by atoms with E-state index in [2.05, 4.69) is 54.7 Å². The third-order valence-corrected chi connectivity index (χ3v) is 3.76. The van der Waals surface area contributed by atoms with E-state index in [4.69, 9.17) is 4.74 Å². The first kappa shape index (κ1) is 12.2. The van der Waals surface area contributed by atoms with Gasteiger partial charge in [-0.05, 0) is 24.1 Å². The number of aryl methyl sites for hydroxylation is 1. The molecule has 98 valence electrons. The van der Waals surface area contributed by atoms with Crippen molar-refractivity contribution < 1.29 is 4.74 Å². The summed E-state index contributed by atoms with van der Waals surface area (Å²) in [5.74, 6) is 1.02. The van der Waals surface area contributed by atoms with Crippen LogP contribution in [0.15, 0.2) is 48.5 Å². The number of rotatable bonds is 3. The zero-order valence-electron chi connectivity index (χ0n) is 11.2. The molecule has 0 aliphatic carbocycles. The van der Waals surface area contributed by atoms with Crippen molar-refractivity contribution in [3.05, 3.63) is 65.2 Å². The molecule has 0 bridgehead atoms. The summed E-state index contributed by atoms with van der Waals surface area (Å²) < 4.78 is 5.69. The summed E-state index contributed by atoms with van der Waals surface area (Å²) in [7, 11) is 0. The highest BCUT2D eigenvalue weighted by Crippen LogP contribution is 2.31. The maximum absolute atomic E-state index is 5.69. The average Bonchev–Trinajstić information content (AvgIpc) is 2.46. The van der Waals surface area contributed by atoms with Crippen LogP contribution in [0.4, 0.5) is 0 Å². The summed E-state index contributed by atoms with van der Waals surface area (Å²) in [6, 6.07) is 17.2. The molecule has 1 heterocycles. The van der Waals surface area contributed by atoms with Gasteiger partial charge in [-0.15, -0.1) is 0 Å². The molecule has 0 saturated carbocycles. The van der Waals surface area contributed by atoms with Crippen LogP contribution in [-0.2, 0) is 6.54 Å². The lowest BCUT2D eigenvalue weighted by Crippen LogP contribution is -2.26. The van der Waals surface area contributed by atoms with E-state index in [1.807, 2.05) is 6.07 Å². The second-order valence-electron chi connectivity index (χ2n) is 5.03. The number of fused-ring (bicyclic) bond motifs is 1. The van der Waals surface area contributed by atoms with Crippen molar-refractivity contribution in [3.63, 3.8) is 0 Å². The van der Waals surface area contributed by atoms with Gasteiger partial charge >= 0.3 is 0 Å². The minimum atomic E-state index is 0.393. The Balaban J connectivity index is 1.73. The van der Waals surface area contributed by atoms with Crippen molar-refractivity contribution in [1.29, 1.82) is 0 Å². The van der Waals surface area contributed by atoms with Crippen molar-refractivity contribution in [3.8, 4) is 5.75 Å². The molecule has 0 amide bonds. The molecule has 2 heteroatoms. The molecule has 0 aromatic heterocycles. The van der Waals surface area contributed by atoms with Crippen molar-refractivity contribution >= 4 is 0 Å². The Morgan fingerprint density at radius 2 is 1.89 bits per heavy atom. The number of para-hydroxylation sites is 1. The van der Waals surface area contributed by atoms with Crippen LogP contribution in [0, 0.1) is 6.92 Å². The Labute approximate surface area is 114 Å². The molecule has 0 saturated heterocycles. The maximum atomic E-state index is 5.69. The Hall–Kier alpha value is -1.80. The van der Waals surface area contributed by atoms with E-state index in [9.17, 15) is 0 Å². The monoisotopic (exact) mass is 253 g/mol. The number of hydrogen-bond donors (Lipinski definition) is 1. The molecule has 0 fully saturated rings. The molecule has 2 aromatic rings. The van der Waals surface area contributed by atoms with Gasteiger partial charge in [-0.25, -0.2) is 0 Å². The van der Waals surface area contributed by atoms with Crippen LogP contribution in [0.25, 0.3) is 0 Å². The summed E-state index contributed by atoms with van der Waals surface area (Å²) in [4.78, 5) is 0. The van der Waals surface area contributed by atoms with Gasteiger partial charge in [0.2, 0.25) is 0 Å². The topological polar surface area (TPSA) is 21.3 Å². The molecular formula is C17H19NO. The lowest BCUT2D eigenvalue weighted by Gasteiger charge is -2.27. The minimum Gasteiger partial charge on any atom is -0.493 e. The van der Waals surface area contributed by atoms with E-state index in [1.54, 1.807) is 0 Å². The summed E-state index contributed by atoms with van der Waals surface area (Å²) in [5, 5.41) is 3.65. The molecule has 1 atom stereocenters. The second-order valence-corrected chi connectivity index (χ2v) is 5.03. The van der Waals surface area contributed by atoms with Crippen LogP contribution in [0.3, 0.4) is 0 Å².